The van der Waals surface area contributed by atoms with Gasteiger partial charge in [0, 0.05) is 6.61 Å². The van der Waals surface area contributed by atoms with E-state index in [0.717, 1.165) is 19.3 Å². The number of carbonyl (C=O) groups excluding carboxylic acids is 1. The average Bonchev–Trinajstić information content (AvgIpc) is 2.47. The normalized spacial score (nSPS) is 16.3. The van der Waals surface area contributed by atoms with E-state index < -0.39 is 5.60 Å². The summed E-state index contributed by atoms with van der Waals surface area (Å²) in [5.41, 5.74) is 4.90. The van der Waals surface area contributed by atoms with Crippen molar-refractivity contribution >= 4 is 5.97 Å². The van der Waals surface area contributed by atoms with Crippen LogP contribution in [0, 0.1) is 27.6 Å². The largest absolute Gasteiger partial charge is 0.460 e. The Balaban J connectivity index is 5.87. The maximum atomic E-state index is 13.2. The fourth-order valence-corrected chi connectivity index (χ4v) is 3.71. The predicted molar refractivity (Wildman–Crippen MR) is 128 cm³/mol. The summed E-state index contributed by atoms with van der Waals surface area (Å²) in [5, 5.41) is 0. The van der Waals surface area contributed by atoms with Crippen LogP contribution in [0.5, 0.6) is 0 Å². The van der Waals surface area contributed by atoms with E-state index in [-0.39, 0.29) is 39.7 Å². The van der Waals surface area contributed by atoms with Gasteiger partial charge in [0.05, 0.1) is 12.0 Å². The third-order valence-electron chi connectivity index (χ3n) is 6.47. The molecule has 2 N–H and O–H groups in total. The summed E-state index contributed by atoms with van der Waals surface area (Å²) in [4.78, 5) is 13.2. The fourth-order valence-electron chi connectivity index (χ4n) is 3.71. The summed E-state index contributed by atoms with van der Waals surface area (Å²) in [7, 11) is 0. The second-order valence-electron chi connectivity index (χ2n) is 13.5. The molecule has 0 radical (unpaired) electrons. The van der Waals surface area contributed by atoms with Crippen molar-refractivity contribution in [1.29, 1.82) is 0 Å². The SMILES string of the molecule is CC(C)(C)CC(OCCCN)C(C)(C)C(C)(C)CC(C(=O)OC(C)(C)C)C(C)(C)C. The molecule has 30 heavy (non-hydrogen) atoms. The number of ether oxygens (including phenoxy) is 2. The van der Waals surface area contributed by atoms with Gasteiger partial charge in [0.25, 0.3) is 0 Å². The molecule has 0 aromatic carbocycles. The first-order chi connectivity index (χ1) is 13.1. The monoisotopic (exact) mass is 427 g/mol. The minimum Gasteiger partial charge on any atom is -0.460 e. The lowest BCUT2D eigenvalue weighted by molar-refractivity contribution is -0.169. The van der Waals surface area contributed by atoms with Gasteiger partial charge in [0.15, 0.2) is 0 Å². The van der Waals surface area contributed by atoms with Gasteiger partial charge in [0.1, 0.15) is 5.60 Å². The molecular weight excluding hydrogens is 374 g/mol. The number of carbonyl (C=O) groups is 1. The van der Waals surface area contributed by atoms with Crippen molar-refractivity contribution in [3.63, 3.8) is 0 Å². The number of esters is 1. The molecule has 4 heteroatoms. The molecule has 4 nitrogen and oxygen atoms in total. The Morgan fingerprint density at radius 3 is 1.70 bits per heavy atom. The molecule has 0 saturated carbocycles. The molecule has 0 spiro atoms. The molecule has 0 aliphatic carbocycles. The Labute approximate surface area is 188 Å². The van der Waals surface area contributed by atoms with E-state index in [1.165, 1.54) is 0 Å². The van der Waals surface area contributed by atoms with Crippen LogP contribution in [-0.2, 0) is 14.3 Å². The molecule has 180 valence electrons. The quantitative estimate of drug-likeness (QED) is 0.315. The van der Waals surface area contributed by atoms with E-state index in [2.05, 4.69) is 69.2 Å². The summed E-state index contributed by atoms with van der Waals surface area (Å²) in [5.74, 6) is -0.291. The second kappa shape index (κ2) is 10.3. The van der Waals surface area contributed by atoms with Crippen LogP contribution in [-0.4, -0.2) is 30.8 Å². The molecule has 0 fully saturated rings. The van der Waals surface area contributed by atoms with Gasteiger partial charge in [-0.15, -0.1) is 0 Å². The van der Waals surface area contributed by atoms with Crippen LogP contribution in [0.15, 0.2) is 0 Å². The van der Waals surface area contributed by atoms with E-state index in [9.17, 15) is 4.79 Å². The third-order valence-corrected chi connectivity index (χ3v) is 6.47. The van der Waals surface area contributed by atoms with Gasteiger partial charge in [-0.05, 0) is 68.2 Å². The number of rotatable bonds is 10. The smallest absolute Gasteiger partial charge is 0.310 e. The van der Waals surface area contributed by atoms with Crippen molar-refractivity contribution in [3.8, 4) is 0 Å². The molecule has 0 bridgehead atoms. The first-order valence-electron chi connectivity index (χ1n) is 11.7. The van der Waals surface area contributed by atoms with E-state index in [0.29, 0.717) is 13.2 Å². The molecule has 0 amide bonds. The summed E-state index contributed by atoms with van der Waals surface area (Å²) in [6.07, 6.45) is 2.65. The maximum Gasteiger partial charge on any atom is 0.310 e. The highest BCUT2D eigenvalue weighted by Crippen LogP contribution is 2.51. The standard InChI is InChI=1S/C26H53NO3/c1-22(2,3)18-20(29-16-14-15-27)26(12,13)25(10,11)17-19(23(4,5)6)21(28)30-24(7,8)9/h19-20H,14-18,27H2,1-13H3. The molecule has 0 aromatic rings. The lowest BCUT2D eigenvalue weighted by atomic mass is 9.57. The van der Waals surface area contributed by atoms with E-state index in [4.69, 9.17) is 15.2 Å². The molecule has 0 rings (SSSR count). The van der Waals surface area contributed by atoms with Crippen LogP contribution in [0.3, 0.4) is 0 Å². The Morgan fingerprint density at radius 2 is 1.33 bits per heavy atom. The minimum atomic E-state index is -0.486. The van der Waals surface area contributed by atoms with E-state index in [1.807, 2.05) is 20.8 Å². The van der Waals surface area contributed by atoms with Crippen LogP contribution in [0.2, 0.25) is 0 Å². The molecule has 0 saturated heterocycles. The highest BCUT2D eigenvalue weighted by molar-refractivity contribution is 5.73. The topological polar surface area (TPSA) is 61.5 Å². The first-order valence-corrected chi connectivity index (χ1v) is 11.7. The summed E-state index contributed by atoms with van der Waals surface area (Å²) >= 11 is 0. The van der Waals surface area contributed by atoms with E-state index in [1.54, 1.807) is 0 Å². The molecule has 0 aromatic heterocycles. The molecular formula is C26H53NO3. The summed E-state index contributed by atoms with van der Waals surface area (Å²) in [6, 6.07) is 0. The Morgan fingerprint density at radius 1 is 0.833 bits per heavy atom. The van der Waals surface area contributed by atoms with Crippen LogP contribution in [0.4, 0.5) is 0 Å². The Kier molecular flexibility index (Phi) is 10.1. The second-order valence-corrected chi connectivity index (χ2v) is 13.5. The predicted octanol–water partition coefficient (Wildman–Crippen LogP) is 6.60. The van der Waals surface area contributed by atoms with Crippen LogP contribution in [0.1, 0.15) is 109 Å². The van der Waals surface area contributed by atoms with Crippen LogP contribution >= 0.6 is 0 Å². The summed E-state index contributed by atoms with van der Waals surface area (Å²) in [6.45, 7) is 29.4. The van der Waals surface area contributed by atoms with Crippen molar-refractivity contribution in [2.45, 2.75) is 121 Å². The van der Waals surface area contributed by atoms with E-state index >= 15 is 0 Å². The lowest BCUT2D eigenvalue weighted by Crippen LogP contribution is -2.48. The van der Waals surface area contributed by atoms with Crippen molar-refractivity contribution in [2.24, 2.45) is 33.3 Å². The maximum absolute atomic E-state index is 13.2. The molecule has 2 unspecified atom stereocenters. The molecule has 0 aliphatic rings. The summed E-state index contributed by atoms with van der Waals surface area (Å²) < 4.78 is 12.2. The zero-order chi connectivity index (χ0) is 24.2. The Bertz CT molecular complexity index is 530. The van der Waals surface area contributed by atoms with Gasteiger partial charge in [-0.2, -0.15) is 0 Å². The minimum absolute atomic E-state index is 0.0818. The van der Waals surface area contributed by atoms with Crippen LogP contribution in [0.25, 0.3) is 0 Å². The van der Waals surface area contributed by atoms with Crippen molar-refractivity contribution in [1.82, 2.24) is 0 Å². The molecule has 0 aliphatic heterocycles. The van der Waals surface area contributed by atoms with Gasteiger partial charge < -0.3 is 15.2 Å². The average molecular weight is 428 g/mol. The zero-order valence-corrected chi connectivity index (χ0v) is 22.5. The third kappa shape index (κ3) is 9.68. The van der Waals surface area contributed by atoms with Gasteiger partial charge in [-0.3, -0.25) is 4.79 Å². The van der Waals surface area contributed by atoms with Crippen molar-refractivity contribution in [3.05, 3.63) is 0 Å². The van der Waals surface area contributed by atoms with Crippen LogP contribution < -0.4 is 5.73 Å². The zero-order valence-electron chi connectivity index (χ0n) is 22.5. The number of nitrogens with two attached hydrogens (primary N) is 1. The highest BCUT2D eigenvalue weighted by Gasteiger charge is 2.49. The highest BCUT2D eigenvalue weighted by atomic mass is 16.6. The number of hydrogen-bond acceptors (Lipinski definition) is 4. The molecule has 0 heterocycles. The van der Waals surface area contributed by atoms with Gasteiger partial charge in [0.2, 0.25) is 0 Å². The first kappa shape index (κ1) is 29.4. The Hall–Kier alpha value is -0.610. The lowest BCUT2D eigenvalue weighted by Gasteiger charge is -2.50. The fraction of sp³-hybridized carbons (Fsp3) is 0.962. The van der Waals surface area contributed by atoms with Gasteiger partial charge in [-0.1, -0.05) is 69.2 Å². The molecule has 2 atom stereocenters. The van der Waals surface area contributed by atoms with Crippen molar-refractivity contribution < 1.29 is 14.3 Å². The number of hydrogen-bond donors (Lipinski definition) is 1. The van der Waals surface area contributed by atoms with Gasteiger partial charge in [-0.25, -0.2) is 0 Å². The van der Waals surface area contributed by atoms with Gasteiger partial charge >= 0.3 is 5.97 Å². The van der Waals surface area contributed by atoms with Crippen molar-refractivity contribution in [2.75, 3.05) is 13.2 Å².